The lowest BCUT2D eigenvalue weighted by molar-refractivity contribution is -0.116. The molecular weight excluding hydrogens is 437 g/mol. The molecule has 3 rings (SSSR count). The Morgan fingerprint density at radius 2 is 2.07 bits per heavy atom. The molecule has 1 amide bonds. The first-order valence-electron chi connectivity index (χ1n) is 8.30. The Balaban J connectivity index is 1.56. The van der Waals surface area contributed by atoms with E-state index in [2.05, 4.69) is 31.4 Å². The average molecular weight is 455 g/mol. The third kappa shape index (κ3) is 4.75. The fourth-order valence-electron chi connectivity index (χ4n) is 2.65. The third-order valence-electron chi connectivity index (χ3n) is 4.10. The highest BCUT2D eigenvalue weighted by atomic mass is 79.9. The Kier molecular flexibility index (Phi) is 5.96. The number of halogens is 3. The van der Waals surface area contributed by atoms with Crippen molar-refractivity contribution in [2.24, 2.45) is 0 Å². The molecule has 0 saturated heterocycles. The van der Waals surface area contributed by atoms with E-state index >= 15 is 0 Å². The molecule has 1 N–H and O–H groups in total. The van der Waals surface area contributed by atoms with Gasteiger partial charge in [0, 0.05) is 29.4 Å². The number of hydrogen-bond acceptors (Lipinski definition) is 3. The number of aryl methyl sites for hydroxylation is 2. The van der Waals surface area contributed by atoms with Gasteiger partial charge in [-0.2, -0.15) is 10.2 Å². The summed E-state index contributed by atoms with van der Waals surface area (Å²) in [6, 6.07) is 5.94. The first-order valence-corrected chi connectivity index (χ1v) is 9.47. The second-order valence-corrected chi connectivity index (χ2v) is 7.34. The number of anilines is 1. The predicted octanol–water partition coefficient (Wildman–Crippen LogP) is 4.33. The molecule has 0 aliphatic carbocycles. The van der Waals surface area contributed by atoms with Crippen molar-refractivity contribution in [3.63, 3.8) is 0 Å². The molecule has 0 atom stereocenters. The summed E-state index contributed by atoms with van der Waals surface area (Å²) in [5.41, 5.74) is 2.63. The minimum absolute atomic E-state index is 0.149. The zero-order chi connectivity index (χ0) is 19.6. The van der Waals surface area contributed by atoms with Crippen molar-refractivity contribution in [1.29, 1.82) is 0 Å². The average Bonchev–Trinajstić information content (AvgIpc) is 3.15. The van der Waals surface area contributed by atoms with Crippen LogP contribution in [0.5, 0.6) is 0 Å². The molecule has 3 aromatic rings. The van der Waals surface area contributed by atoms with Crippen LogP contribution in [0.4, 0.5) is 10.2 Å². The number of benzene rings is 1. The summed E-state index contributed by atoms with van der Waals surface area (Å²) < 4.78 is 17.5. The summed E-state index contributed by atoms with van der Waals surface area (Å²) in [4.78, 5) is 12.2. The lowest BCUT2D eigenvalue weighted by atomic mass is 10.2. The second kappa shape index (κ2) is 8.22. The molecule has 0 aliphatic heterocycles. The van der Waals surface area contributed by atoms with E-state index in [1.807, 2.05) is 13.8 Å². The van der Waals surface area contributed by atoms with Crippen LogP contribution in [-0.2, 0) is 17.9 Å². The van der Waals surface area contributed by atoms with Gasteiger partial charge in [0.15, 0.2) is 5.82 Å². The summed E-state index contributed by atoms with van der Waals surface area (Å²) in [6.45, 7) is 4.72. The fraction of sp³-hybridized carbons (Fsp3) is 0.278. The summed E-state index contributed by atoms with van der Waals surface area (Å²) in [6.07, 6.45) is 2.01. The number of aromatic nitrogens is 4. The Morgan fingerprint density at radius 1 is 1.30 bits per heavy atom. The van der Waals surface area contributed by atoms with Gasteiger partial charge in [0.1, 0.15) is 5.82 Å². The minimum Gasteiger partial charge on any atom is -0.309 e. The number of rotatable bonds is 6. The highest BCUT2D eigenvalue weighted by Crippen LogP contribution is 2.20. The van der Waals surface area contributed by atoms with E-state index in [0.29, 0.717) is 23.9 Å². The van der Waals surface area contributed by atoms with Gasteiger partial charge in [0.25, 0.3) is 0 Å². The highest BCUT2D eigenvalue weighted by Gasteiger charge is 2.11. The van der Waals surface area contributed by atoms with Gasteiger partial charge >= 0.3 is 0 Å². The molecule has 6 nitrogen and oxygen atoms in total. The molecule has 0 radical (unpaired) electrons. The van der Waals surface area contributed by atoms with E-state index in [9.17, 15) is 9.18 Å². The molecular formula is C18H18BrClFN5O. The summed E-state index contributed by atoms with van der Waals surface area (Å²) >= 11 is 9.51. The maximum absolute atomic E-state index is 13.1. The fourth-order valence-corrected chi connectivity index (χ4v) is 3.16. The van der Waals surface area contributed by atoms with Crippen molar-refractivity contribution in [3.8, 4) is 0 Å². The number of carbonyl (C=O) groups is 1. The van der Waals surface area contributed by atoms with Crippen molar-refractivity contribution in [2.75, 3.05) is 5.32 Å². The SMILES string of the molecule is Cc1nn(CCC(=O)Nc2ccn(Cc3ccc(F)cc3Cl)n2)c(C)c1Br. The predicted molar refractivity (Wildman–Crippen MR) is 105 cm³/mol. The van der Waals surface area contributed by atoms with Gasteiger partial charge in [-0.1, -0.05) is 17.7 Å². The third-order valence-corrected chi connectivity index (χ3v) is 5.60. The largest absolute Gasteiger partial charge is 0.309 e. The van der Waals surface area contributed by atoms with Crippen LogP contribution in [0.25, 0.3) is 0 Å². The molecule has 142 valence electrons. The van der Waals surface area contributed by atoms with Crippen molar-refractivity contribution >= 4 is 39.3 Å². The Bertz CT molecular complexity index is 984. The van der Waals surface area contributed by atoms with Crippen LogP contribution in [0.15, 0.2) is 34.9 Å². The van der Waals surface area contributed by atoms with Crippen LogP contribution in [-0.4, -0.2) is 25.5 Å². The number of nitrogens with one attached hydrogen (secondary N) is 1. The van der Waals surface area contributed by atoms with E-state index in [0.717, 1.165) is 21.4 Å². The van der Waals surface area contributed by atoms with Crippen molar-refractivity contribution < 1.29 is 9.18 Å². The van der Waals surface area contributed by atoms with Crippen molar-refractivity contribution in [2.45, 2.75) is 33.4 Å². The summed E-state index contributed by atoms with van der Waals surface area (Å²) in [7, 11) is 0. The van der Waals surface area contributed by atoms with E-state index in [4.69, 9.17) is 11.6 Å². The lowest BCUT2D eigenvalue weighted by Crippen LogP contribution is -2.16. The highest BCUT2D eigenvalue weighted by molar-refractivity contribution is 9.10. The topological polar surface area (TPSA) is 64.7 Å². The zero-order valence-electron chi connectivity index (χ0n) is 14.8. The smallest absolute Gasteiger partial charge is 0.227 e. The second-order valence-electron chi connectivity index (χ2n) is 6.14. The van der Waals surface area contributed by atoms with Crippen LogP contribution in [0.1, 0.15) is 23.4 Å². The Labute approximate surface area is 169 Å². The standard InChI is InChI=1S/C18H18BrClFN5O/c1-11-18(19)12(2)26(23-11)8-6-17(27)22-16-5-7-25(24-16)10-13-3-4-14(21)9-15(13)20/h3-5,7,9H,6,8,10H2,1-2H3,(H,22,24,27). The summed E-state index contributed by atoms with van der Waals surface area (Å²) in [5, 5.41) is 11.8. The number of carbonyl (C=O) groups excluding carboxylic acids is 1. The minimum atomic E-state index is -0.383. The number of nitrogens with zero attached hydrogens (tertiary/aromatic N) is 4. The maximum Gasteiger partial charge on any atom is 0.227 e. The molecule has 0 bridgehead atoms. The molecule has 0 saturated carbocycles. The molecule has 2 heterocycles. The van der Waals surface area contributed by atoms with Gasteiger partial charge < -0.3 is 5.32 Å². The van der Waals surface area contributed by atoms with Gasteiger partial charge in [0.05, 0.1) is 23.3 Å². The first kappa shape index (κ1) is 19.6. The van der Waals surface area contributed by atoms with Crippen LogP contribution in [0, 0.1) is 19.7 Å². The van der Waals surface area contributed by atoms with E-state index in [1.54, 1.807) is 27.7 Å². The van der Waals surface area contributed by atoms with Gasteiger partial charge in [0.2, 0.25) is 5.91 Å². The first-order chi connectivity index (χ1) is 12.8. The molecule has 0 unspecified atom stereocenters. The van der Waals surface area contributed by atoms with E-state index < -0.39 is 0 Å². The lowest BCUT2D eigenvalue weighted by Gasteiger charge is -2.06. The van der Waals surface area contributed by atoms with Crippen molar-refractivity contribution in [1.82, 2.24) is 19.6 Å². The van der Waals surface area contributed by atoms with E-state index in [1.165, 1.54) is 12.1 Å². The summed E-state index contributed by atoms with van der Waals surface area (Å²) in [5.74, 6) is -0.0802. The van der Waals surface area contributed by atoms with Gasteiger partial charge in [-0.15, -0.1) is 0 Å². The molecule has 0 spiro atoms. The molecule has 1 aromatic carbocycles. The van der Waals surface area contributed by atoms with Gasteiger partial charge in [-0.3, -0.25) is 14.2 Å². The monoisotopic (exact) mass is 453 g/mol. The molecule has 0 fully saturated rings. The quantitative estimate of drug-likeness (QED) is 0.603. The van der Waals surface area contributed by atoms with Crippen LogP contribution in [0.3, 0.4) is 0 Å². The van der Waals surface area contributed by atoms with Crippen LogP contribution >= 0.6 is 27.5 Å². The Morgan fingerprint density at radius 3 is 2.74 bits per heavy atom. The Hall–Kier alpha value is -2.19. The van der Waals surface area contributed by atoms with E-state index in [-0.39, 0.29) is 18.1 Å². The molecule has 9 heteroatoms. The van der Waals surface area contributed by atoms with Gasteiger partial charge in [-0.05, 0) is 47.5 Å². The number of hydrogen-bond donors (Lipinski definition) is 1. The molecule has 2 aromatic heterocycles. The molecule has 27 heavy (non-hydrogen) atoms. The van der Waals surface area contributed by atoms with Crippen molar-refractivity contribution in [3.05, 3.63) is 62.7 Å². The normalized spacial score (nSPS) is 11.0. The maximum atomic E-state index is 13.1. The van der Waals surface area contributed by atoms with Gasteiger partial charge in [-0.25, -0.2) is 4.39 Å². The van der Waals surface area contributed by atoms with Crippen LogP contribution in [0.2, 0.25) is 5.02 Å². The zero-order valence-corrected chi connectivity index (χ0v) is 17.2. The van der Waals surface area contributed by atoms with Crippen LogP contribution < -0.4 is 5.32 Å². The number of amides is 1. The molecule has 0 aliphatic rings.